The number of nitrogens with one attached hydrogen (secondary N) is 2. The molecule has 0 aromatic heterocycles. The van der Waals surface area contributed by atoms with Crippen molar-refractivity contribution in [1.29, 1.82) is 0 Å². The summed E-state index contributed by atoms with van der Waals surface area (Å²) in [5.41, 5.74) is 0. The molecule has 21 heavy (non-hydrogen) atoms. The fourth-order valence-corrected chi connectivity index (χ4v) is 4.13. The predicted molar refractivity (Wildman–Crippen MR) is 77.3 cm³/mol. The summed E-state index contributed by atoms with van der Waals surface area (Å²) in [5, 5.41) is 6.37. The number of rotatable bonds is 3. The Balaban J connectivity index is 1.37. The summed E-state index contributed by atoms with van der Waals surface area (Å²) < 4.78 is 0. The summed E-state index contributed by atoms with van der Waals surface area (Å²) in [4.78, 5) is 30.7. The van der Waals surface area contributed by atoms with Gasteiger partial charge in [0, 0.05) is 19.1 Å². The third-order valence-corrected chi connectivity index (χ3v) is 5.10. The molecule has 2 amide bonds. The van der Waals surface area contributed by atoms with Crippen molar-refractivity contribution in [3.8, 4) is 0 Å². The Kier molecular flexibility index (Phi) is 2.80. The van der Waals surface area contributed by atoms with Crippen LogP contribution in [0.25, 0.3) is 0 Å². The molecular weight excluding hydrogens is 268 g/mol. The average molecular weight is 288 g/mol. The number of imide groups is 1. The van der Waals surface area contributed by atoms with Gasteiger partial charge in [-0.15, -0.1) is 0 Å². The van der Waals surface area contributed by atoms with E-state index in [2.05, 4.69) is 34.7 Å². The van der Waals surface area contributed by atoms with Crippen LogP contribution in [0.2, 0.25) is 0 Å². The first-order chi connectivity index (χ1) is 10.1. The number of amides is 2. The maximum absolute atomic E-state index is 12.5. The molecule has 4 aliphatic rings. The highest BCUT2D eigenvalue weighted by Crippen LogP contribution is 2.52. The summed E-state index contributed by atoms with van der Waals surface area (Å²) >= 11 is 0. The minimum absolute atomic E-state index is 0.0262. The molecule has 0 radical (unpaired) electrons. The lowest BCUT2D eigenvalue weighted by atomic mass is 9.85. The van der Waals surface area contributed by atoms with Gasteiger partial charge in [0.25, 0.3) is 0 Å². The van der Waals surface area contributed by atoms with Crippen LogP contribution in [0.1, 0.15) is 13.3 Å². The number of carbonyl (C=O) groups is 2. The molecule has 0 spiro atoms. The number of fused-ring (bicyclic) bond motifs is 5. The van der Waals surface area contributed by atoms with Crippen LogP contribution in [0.4, 0.5) is 0 Å². The topological polar surface area (TPSA) is 73.8 Å². The highest BCUT2D eigenvalue weighted by Gasteiger charge is 2.58. The van der Waals surface area contributed by atoms with Gasteiger partial charge >= 0.3 is 0 Å². The van der Waals surface area contributed by atoms with Crippen LogP contribution >= 0.6 is 0 Å². The lowest BCUT2D eigenvalue weighted by molar-refractivity contribution is -0.140. The second-order valence-electron chi connectivity index (χ2n) is 6.49. The van der Waals surface area contributed by atoms with E-state index >= 15 is 0 Å². The van der Waals surface area contributed by atoms with E-state index in [9.17, 15) is 9.59 Å². The van der Waals surface area contributed by atoms with Gasteiger partial charge in [-0.2, -0.15) is 0 Å². The molecule has 2 bridgehead atoms. The van der Waals surface area contributed by atoms with E-state index in [1.54, 1.807) is 0 Å². The quantitative estimate of drug-likeness (QED) is 0.554. The normalized spacial score (nSPS) is 39.8. The fourth-order valence-electron chi connectivity index (χ4n) is 4.13. The first-order valence-electron chi connectivity index (χ1n) is 7.73. The van der Waals surface area contributed by atoms with Crippen LogP contribution in [0.15, 0.2) is 17.1 Å². The monoisotopic (exact) mass is 288 g/mol. The van der Waals surface area contributed by atoms with Gasteiger partial charge in [0.05, 0.1) is 18.4 Å². The Morgan fingerprint density at radius 2 is 1.95 bits per heavy atom. The summed E-state index contributed by atoms with van der Waals surface area (Å²) in [5.74, 6) is 1.22. The third-order valence-electron chi connectivity index (χ3n) is 5.10. The Hall–Kier alpha value is -1.85. The molecule has 5 unspecified atom stereocenters. The zero-order valence-electron chi connectivity index (χ0n) is 12.1. The summed E-state index contributed by atoms with van der Waals surface area (Å²) in [6.45, 7) is 3.82. The lowest BCUT2D eigenvalue weighted by Gasteiger charge is -2.18. The number of aliphatic imine (C=N–C) groups is 1. The van der Waals surface area contributed by atoms with Crippen molar-refractivity contribution in [2.24, 2.45) is 28.7 Å². The first-order valence-corrected chi connectivity index (χ1v) is 7.73. The van der Waals surface area contributed by atoms with Crippen molar-refractivity contribution in [2.75, 3.05) is 19.6 Å². The molecule has 6 heteroatoms. The SMILES string of the molecule is CC1CN=C(NCCN2C(=O)C3C4C=CC(C4)C3C2=O)N1. The highest BCUT2D eigenvalue weighted by molar-refractivity contribution is 6.06. The van der Waals surface area contributed by atoms with Gasteiger partial charge in [-0.1, -0.05) is 12.2 Å². The minimum atomic E-state index is -0.0885. The van der Waals surface area contributed by atoms with E-state index in [4.69, 9.17) is 0 Å². The predicted octanol–water partition coefficient (Wildman–Crippen LogP) is -0.269. The second-order valence-corrected chi connectivity index (χ2v) is 6.49. The van der Waals surface area contributed by atoms with Gasteiger partial charge in [-0.05, 0) is 25.2 Å². The molecule has 2 heterocycles. The van der Waals surface area contributed by atoms with Crippen LogP contribution in [0.3, 0.4) is 0 Å². The van der Waals surface area contributed by atoms with Crippen molar-refractivity contribution in [3.05, 3.63) is 12.2 Å². The van der Waals surface area contributed by atoms with Crippen molar-refractivity contribution in [2.45, 2.75) is 19.4 Å². The minimum Gasteiger partial charge on any atom is -0.355 e. The van der Waals surface area contributed by atoms with E-state index in [0.29, 0.717) is 19.1 Å². The number of hydrogen-bond donors (Lipinski definition) is 2. The van der Waals surface area contributed by atoms with Crippen LogP contribution in [0, 0.1) is 23.7 Å². The molecule has 2 N–H and O–H groups in total. The van der Waals surface area contributed by atoms with Crippen LogP contribution in [0.5, 0.6) is 0 Å². The number of carbonyl (C=O) groups excluding carboxylic acids is 2. The molecule has 112 valence electrons. The molecule has 0 aromatic rings. The van der Waals surface area contributed by atoms with Gasteiger partial charge in [0.1, 0.15) is 0 Å². The fraction of sp³-hybridized carbons (Fsp3) is 0.667. The smallest absolute Gasteiger partial charge is 0.233 e. The molecule has 1 saturated heterocycles. The molecule has 2 fully saturated rings. The number of allylic oxidation sites excluding steroid dienone is 2. The molecule has 0 aromatic carbocycles. The van der Waals surface area contributed by atoms with Crippen LogP contribution < -0.4 is 10.6 Å². The largest absolute Gasteiger partial charge is 0.355 e. The third kappa shape index (κ3) is 1.88. The van der Waals surface area contributed by atoms with Crippen LogP contribution in [-0.4, -0.2) is 48.3 Å². The number of nitrogens with zero attached hydrogens (tertiary/aromatic N) is 2. The van der Waals surface area contributed by atoms with Gasteiger partial charge < -0.3 is 10.6 Å². The van der Waals surface area contributed by atoms with Gasteiger partial charge in [-0.25, -0.2) is 0 Å². The van der Waals surface area contributed by atoms with E-state index in [1.165, 1.54) is 4.90 Å². The van der Waals surface area contributed by atoms with E-state index in [1.807, 2.05) is 0 Å². The molecule has 2 aliphatic carbocycles. The highest BCUT2D eigenvalue weighted by atomic mass is 16.2. The Bertz CT molecular complexity index is 526. The van der Waals surface area contributed by atoms with Gasteiger partial charge in [0.15, 0.2) is 5.96 Å². The zero-order valence-corrected chi connectivity index (χ0v) is 12.1. The summed E-state index contributed by atoms with van der Waals surface area (Å²) in [7, 11) is 0. The number of hydrogen-bond acceptors (Lipinski definition) is 5. The van der Waals surface area contributed by atoms with E-state index in [0.717, 1.165) is 18.9 Å². The average Bonchev–Trinajstić information content (AvgIpc) is 3.20. The van der Waals surface area contributed by atoms with Gasteiger partial charge in [0.2, 0.25) is 11.8 Å². The van der Waals surface area contributed by atoms with Crippen molar-refractivity contribution in [1.82, 2.24) is 15.5 Å². The maximum atomic E-state index is 12.5. The maximum Gasteiger partial charge on any atom is 0.233 e. The molecule has 2 aliphatic heterocycles. The second kappa shape index (κ2) is 4.58. The first kappa shape index (κ1) is 12.9. The van der Waals surface area contributed by atoms with Crippen molar-refractivity contribution < 1.29 is 9.59 Å². The molecule has 4 rings (SSSR count). The van der Waals surface area contributed by atoms with E-state index < -0.39 is 0 Å². The standard InChI is InChI=1S/C15H20N4O2/c1-8-7-17-15(18-8)16-4-5-19-13(20)11-9-2-3-10(6-9)12(11)14(19)21/h2-3,8-12H,4-7H2,1H3,(H2,16,17,18). The molecule has 6 nitrogen and oxygen atoms in total. The van der Waals surface area contributed by atoms with Gasteiger partial charge in [-0.3, -0.25) is 19.5 Å². The molecule has 1 saturated carbocycles. The Labute approximate surface area is 123 Å². The van der Waals surface area contributed by atoms with Crippen molar-refractivity contribution >= 4 is 17.8 Å². The van der Waals surface area contributed by atoms with E-state index in [-0.39, 0.29) is 35.5 Å². The summed E-state index contributed by atoms with van der Waals surface area (Å²) in [6, 6.07) is 0.351. The number of guanidine groups is 1. The molecular formula is C15H20N4O2. The number of likely N-dealkylation sites (tertiary alicyclic amines) is 1. The summed E-state index contributed by atoms with van der Waals surface area (Å²) in [6.07, 6.45) is 5.23. The van der Waals surface area contributed by atoms with Crippen molar-refractivity contribution in [3.63, 3.8) is 0 Å². The van der Waals surface area contributed by atoms with Crippen LogP contribution in [-0.2, 0) is 9.59 Å². The zero-order chi connectivity index (χ0) is 14.6. The lowest BCUT2D eigenvalue weighted by Crippen LogP contribution is -2.43. The Morgan fingerprint density at radius 1 is 1.29 bits per heavy atom. The Morgan fingerprint density at radius 3 is 2.52 bits per heavy atom. The molecule has 5 atom stereocenters.